The van der Waals surface area contributed by atoms with Crippen LogP contribution in [0.1, 0.15) is 26.3 Å². The van der Waals surface area contributed by atoms with Gasteiger partial charge in [0.1, 0.15) is 11.8 Å². The molecule has 1 aromatic rings. The molecule has 0 aliphatic carbocycles. The molecule has 5 heteroatoms. The number of rotatable bonds is 7. The van der Waals surface area contributed by atoms with Gasteiger partial charge in [0.05, 0.1) is 13.7 Å². The molecule has 0 saturated carbocycles. The molecule has 0 aromatic heterocycles. The predicted molar refractivity (Wildman–Crippen MR) is 78.7 cm³/mol. The Bertz CT molecular complexity index is 472. The highest BCUT2D eigenvalue weighted by Crippen LogP contribution is 2.31. The second-order valence-corrected chi connectivity index (χ2v) is 5.41. The molecule has 1 aliphatic rings. The average Bonchev–Trinajstić information content (AvgIpc) is 3.18. The van der Waals surface area contributed by atoms with Crippen LogP contribution in [0.15, 0.2) is 24.3 Å². The van der Waals surface area contributed by atoms with Gasteiger partial charge >= 0.3 is 5.97 Å². The van der Waals surface area contributed by atoms with E-state index < -0.39 is 0 Å². The third-order valence-electron chi connectivity index (χ3n) is 3.48. The molecule has 2 unspecified atom stereocenters. The molecule has 0 N–H and O–H groups in total. The zero-order valence-electron chi connectivity index (χ0n) is 13.0. The first-order valence-corrected chi connectivity index (χ1v) is 7.31. The lowest BCUT2D eigenvalue weighted by atomic mass is 10.0. The minimum atomic E-state index is -0.340. The predicted octanol–water partition coefficient (Wildman–Crippen LogP) is 2.40. The quantitative estimate of drug-likeness (QED) is 0.571. The fourth-order valence-electron chi connectivity index (χ4n) is 2.35. The van der Waals surface area contributed by atoms with E-state index in [4.69, 9.17) is 14.3 Å². The molecule has 0 radical (unpaired) electrons. The Morgan fingerprint density at radius 2 is 2.00 bits per heavy atom. The van der Waals surface area contributed by atoms with Gasteiger partial charge in [-0.15, -0.1) is 5.06 Å². The van der Waals surface area contributed by atoms with Crippen molar-refractivity contribution < 1.29 is 19.1 Å². The summed E-state index contributed by atoms with van der Waals surface area (Å²) in [7, 11) is 1.65. The Labute approximate surface area is 125 Å². The van der Waals surface area contributed by atoms with Crippen LogP contribution < -0.4 is 4.74 Å². The first-order valence-electron chi connectivity index (χ1n) is 7.31. The number of ether oxygens (including phenoxy) is 2. The van der Waals surface area contributed by atoms with Crippen LogP contribution in [-0.2, 0) is 20.8 Å². The molecule has 3 atom stereocenters. The molecule has 1 heterocycles. The van der Waals surface area contributed by atoms with Gasteiger partial charge in [0, 0.05) is 6.42 Å². The van der Waals surface area contributed by atoms with Crippen LogP contribution in [0.5, 0.6) is 5.75 Å². The van der Waals surface area contributed by atoms with Gasteiger partial charge < -0.3 is 9.47 Å². The number of methoxy groups -OCH3 is 1. The van der Waals surface area contributed by atoms with Crippen LogP contribution in [0.3, 0.4) is 0 Å². The molecular formula is C16H23NO4. The molecule has 2 rings (SSSR count). The van der Waals surface area contributed by atoms with E-state index in [1.807, 2.05) is 45.0 Å². The first-order chi connectivity index (χ1) is 10.1. The van der Waals surface area contributed by atoms with Crippen molar-refractivity contribution in [3.8, 4) is 5.75 Å². The maximum atomic E-state index is 12.0. The summed E-state index contributed by atoms with van der Waals surface area (Å²) in [6.07, 6.45) is 0.683. The van der Waals surface area contributed by atoms with Gasteiger partial charge in [0.25, 0.3) is 0 Å². The Hall–Kier alpha value is -1.59. The summed E-state index contributed by atoms with van der Waals surface area (Å²) in [6, 6.07) is 7.52. The second kappa shape index (κ2) is 6.91. The van der Waals surface area contributed by atoms with E-state index in [0.29, 0.717) is 6.61 Å². The minimum Gasteiger partial charge on any atom is -0.497 e. The fourth-order valence-corrected chi connectivity index (χ4v) is 2.35. The Morgan fingerprint density at radius 3 is 2.52 bits per heavy atom. The lowest BCUT2D eigenvalue weighted by Gasteiger charge is -2.18. The molecule has 1 aliphatic heterocycles. The summed E-state index contributed by atoms with van der Waals surface area (Å²) in [5, 5.41) is 1.74. The molecule has 21 heavy (non-hydrogen) atoms. The zero-order chi connectivity index (χ0) is 15.4. The lowest BCUT2D eigenvalue weighted by Crippen LogP contribution is -2.37. The third kappa shape index (κ3) is 3.95. The van der Waals surface area contributed by atoms with Crippen molar-refractivity contribution in [1.29, 1.82) is 0 Å². The van der Waals surface area contributed by atoms with Gasteiger partial charge in [0.15, 0.2) is 6.23 Å². The van der Waals surface area contributed by atoms with Crippen molar-refractivity contribution in [3.63, 3.8) is 0 Å². The molecule has 0 amide bonds. The van der Waals surface area contributed by atoms with Crippen molar-refractivity contribution in [2.45, 2.75) is 39.5 Å². The highest BCUT2D eigenvalue weighted by Gasteiger charge is 2.47. The van der Waals surface area contributed by atoms with E-state index in [2.05, 4.69) is 0 Å². The smallest absolute Gasteiger partial charge is 0.326 e. The monoisotopic (exact) mass is 293 g/mol. The van der Waals surface area contributed by atoms with E-state index in [1.54, 1.807) is 12.2 Å². The third-order valence-corrected chi connectivity index (χ3v) is 3.48. The first kappa shape index (κ1) is 15.8. The van der Waals surface area contributed by atoms with Gasteiger partial charge in [-0.1, -0.05) is 26.0 Å². The number of esters is 1. The normalized spacial score (nSPS) is 22.0. The van der Waals surface area contributed by atoms with Crippen molar-refractivity contribution in [3.05, 3.63) is 29.8 Å². The summed E-state index contributed by atoms with van der Waals surface area (Å²) >= 11 is 0. The number of carbonyl (C=O) groups excluding carboxylic acids is 1. The Balaban J connectivity index is 1.93. The van der Waals surface area contributed by atoms with Crippen molar-refractivity contribution in [2.75, 3.05) is 13.7 Å². The highest BCUT2D eigenvalue weighted by atomic mass is 16.8. The molecule has 1 fully saturated rings. The fraction of sp³-hybridized carbons (Fsp3) is 0.562. The van der Waals surface area contributed by atoms with E-state index in [1.165, 1.54) is 0 Å². The summed E-state index contributed by atoms with van der Waals surface area (Å²) in [6.45, 7) is 6.19. The van der Waals surface area contributed by atoms with Crippen LogP contribution in [0.2, 0.25) is 0 Å². The number of hydroxylamine groups is 2. The van der Waals surface area contributed by atoms with Crippen LogP contribution in [0.25, 0.3) is 0 Å². The van der Waals surface area contributed by atoms with Crippen LogP contribution in [0.4, 0.5) is 0 Å². The molecule has 0 bridgehead atoms. The molecule has 1 saturated heterocycles. The Kier molecular flexibility index (Phi) is 5.20. The van der Waals surface area contributed by atoms with Gasteiger partial charge in [-0.05, 0) is 30.5 Å². The topological polar surface area (TPSA) is 51.1 Å². The average molecular weight is 293 g/mol. The number of benzene rings is 1. The molecule has 5 nitrogen and oxygen atoms in total. The molecular weight excluding hydrogens is 270 g/mol. The molecule has 0 spiro atoms. The minimum absolute atomic E-state index is 0.0600. The van der Waals surface area contributed by atoms with Crippen molar-refractivity contribution in [1.82, 2.24) is 5.06 Å². The second-order valence-electron chi connectivity index (χ2n) is 5.41. The van der Waals surface area contributed by atoms with E-state index >= 15 is 0 Å². The highest BCUT2D eigenvalue weighted by molar-refractivity contribution is 5.76. The van der Waals surface area contributed by atoms with Gasteiger partial charge in [-0.25, -0.2) is 0 Å². The summed E-state index contributed by atoms with van der Waals surface area (Å²) in [4.78, 5) is 17.6. The summed E-state index contributed by atoms with van der Waals surface area (Å²) < 4.78 is 10.3. The van der Waals surface area contributed by atoms with Crippen LogP contribution in [0, 0.1) is 5.92 Å². The summed E-state index contributed by atoms with van der Waals surface area (Å²) in [5.74, 6) is 0.758. The molecule has 116 valence electrons. The maximum absolute atomic E-state index is 12.0. The van der Waals surface area contributed by atoms with Crippen LogP contribution in [-0.4, -0.2) is 37.0 Å². The number of nitrogens with zero attached hydrogens (tertiary/aromatic N) is 1. The van der Waals surface area contributed by atoms with Crippen molar-refractivity contribution >= 4 is 5.97 Å². The number of hydrogen-bond acceptors (Lipinski definition) is 5. The summed E-state index contributed by atoms with van der Waals surface area (Å²) in [5.41, 5.74) is 1.15. The maximum Gasteiger partial charge on any atom is 0.326 e. The van der Waals surface area contributed by atoms with E-state index in [9.17, 15) is 4.79 Å². The standard InChI is InChI=1S/C16H23NO4/c1-5-20-16(18)15(11(2)3)17-14(21-17)10-12-6-8-13(19-4)9-7-12/h6-9,11,14-15H,5,10H2,1-4H3/t14?,15-,17?/m0/s1. The Morgan fingerprint density at radius 1 is 1.33 bits per heavy atom. The van der Waals surface area contributed by atoms with Gasteiger partial charge in [-0.3, -0.25) is 9.63 Å². The SMILES string of the molecule is CCOC(=O)[C@H](C(C)C)N1OC1Cc1ccc(OC)cc1. The van der Waals surface area contributed by atoms with E-state index in [-0.39, 0.29) is 24.2 Å². The largest absolute Gasteiger partial charge is 0.497 e. The van der Waals surface area contributed by atoms with Crippen LogP contribution >= 0.6 is 0 Å². The zero-order valence-corrected chi connectivity index (χ0v) is 13.0. The van der Waals surface area contributed by atoms with E-state index in [0.717, 1.165) is 17.7 Å². The number of carbonyl (C=O) groups is 1. The lowest BCUT2D eigenvalue weighted by molar-refractivity contribution is -0.151. The van der Waals surface area contributed by atoms with Crippen molar-refractivity contribution in [2.24, 2.45) is 5.92 Å². The van der Waals surface area contributed by atoms with Gasteiger partial charge in [-0.2, -0.15) is 0 Å². The number of hydrogen-bond donors (Lipinski definition) is 0. The molecule has 1 aromatic carbocycles. The van der Waals surface area contributed by atoms with Gasteiger partial charge in [0.2, 0.25) is 0 Å².